The minimum atomic E-state index is -0.981. The van der Waals surface area contributed by atoms with Crippen LogP contribution in [0.5, 0.6) is 0 Å². The van der Waals surface area contributed by atoms with E-state index in [9.17, 15) is 24.0 Å². The lowest BCUT2D eigenvalue weighted by Gasteiger charge is -2.29. The van der Waals surface area contributed by atoms with Crippen molar-refractivity contribution in [3.8, 4) is 0 Å². The first-order chi connectivity index (χ1) is 31.2. The predicted octanol–water partition coefficient (Wildman–Crippen LogP) is -2.62. The first-order valence-electron chi connectivity index (χ1n) is 22.0. The van der Waals surface area contributed by atoms with Gasteiger partial charge in [-0.25, -0.2) is 4.79 Å². The van der Waals surface area contributed by atoms with Gasteiger partial charge in [-0.2, -0.15) is 0 Å². The molecule has 0 bridgehead atoms. The summed E-state index contributed by atoms with van der Waals surface area (Å²) in [6.45, 7) is 30.0. The van der Waals surface area contributed by atoms with Crippen molar-refractivity contribution in [3.05, 3.63) is 25.3 Å². The summed E-state index contributed by atoms with van der Waals surface area (Å²) in [5.41, 5.74) is 0. The topological polar surface area (TPSA) is 270 Å². The number of amides is 4. The van der Waals surface area contributed by atoms with Crippen molar-refractivity contribution in [2.45, 2.75) is 12.8 Å². The van der Waals surface area contributed by atoms with E-state index in [0.717, 1.165) is 144 Å². The number of carbonyl (C=O) groups excluding carboxylic acids is 4. The highest BCUT2D eigenvalue weighted by Gasteiger charge is 2.20. The lowest BCUT2D eigenvalue weighted by atomic mass is 10.3. The molecule has 7 fully saturated rings. The van der Waals surface area contributed by atoms with E-state index in [1.165, 1.54) is 6.08 Å². The quantitative estimate of drug-likeness (QED) is 0.158. The molecule has 0 radical (unpaired) electrons. The molecular formula is C42H77N7O16. The van der Waals surface area contributed by atoms with Gasteiger partial charge in [-0.05, 0) is 6.08 Å². The molecule has 7 aliphatic rings. The number of hydrogen-bond acceptors (Lipinski definition) is 16. The van der Waals surface area contributed by atoms with Crippen molar-refractivity contribution >= 4 is 36.6 Å². The van der Waals surface area contributed by atoms with Gasteiger partial charge >= 0.3 is 5.97 Å². The number of carboxylic acids is 1. The molecule has 0 aliphatic carbocycles. The highest BCUT2D eigenvalue weighted by Crippen LogP contribution is 2.05. The number of rotatable bonds is 9. The predicted molar refractivity (Wildman–Crippen MR) is 238 cm³/mol. The maximum atomic E-state index is 11.9. The summed E-state index contributed by atoms with van der Waals surface area (Å²) in [7, 11) is 0. The molecule has 0 aromatic heterocycles. The number of carboxylic acid groups (broad SMARTS) is 2. The Morgan fingerprint density at radius 2 is 0.785 bits per heavy atom. The molecule has 23 nitrogen and oxygen atoms in total. The standard InChI is InChI=1S/2C11H20N2O3.C7H11NO2.C5H9NO2.C4H9NO.C3H4O2.CH2O2.H2O/c2*14-11(13-5-9-16-10-6-13)1-2-12-3-7-15-8-4-12;1-2-7(9)8-3-5-10-6-4-8;7-5-6-1-3-8-4-2-6;1-3-6-4-2-5-1;1-2-3(4)5;2-1-3;/h2*1-10H2;2H,1,3-6H2;5H,1-4H2;5H,1-4H2;2H,1H2,(H,4,5);1H,(H,2,3);1H2. The molecular weight excluding hydrogens is 858 g/mol. The number of nitrogens with zero attached hydrogens (tertiary/aromatic N) is 6. The molecule has 65 heavy (non-hydrogen) atoms. The number of ether oxygens (including phenoxy) is 7. The third-order valence-electron chi connectivity index (χ3n) is 9.93. The second-order valence-electron chi connectivity index (χ2n) is 14.3. The molecule has 23 heteroatoms. The minimum absolute atomic E-state index is 0. The van der Waals surface area contributed by atoms with E-state index in [0.29, 0.717) is 78.8 Å². The van der Waals surface area contributed by atoms with Crippen molar-refractivity contribution in [3.63, 3.8) is 0 Å². The Hall–Kier alpha value is -4.14. The van der Waals surface area contributed by atoms with Crippen LogP contribution in [0.4, 0.5) is 0 Å². The Morgan fingerprint density at radius 3 is 1.03 bits per heavy atom. The molecule has 5 N–H and O–H groups in total. The Balaban J connectivity index is 0.000000779. The van der Waals surface area contributed by atoms with Crippen LogP contribution in [-0.4, -0.2) is 279 Å². The van der Waals surface area contributed by atoms with Crippen molar-refractivity contribution in [2.24, 2.45) is 0 Å². The third kappa shape index (κ3) is 33.1. The highest BCUT2D eigenvalue weighted by atomic mass is 16.5. The zero-order chi connectivity index (χ0) is 46.9. The van der Waals surface area contributed by atoms with Gasteiger partial charge in [-0.3, -0.25) is 33.8 Å². The number of nitrogens with one attached hydrogen (secondary N) is 1. The molecule has 0 atom stereocenters. The molecule has 0 aromatic carbocycles. The van der Waals surface area contributed by atoms with Crippen LogP contribution in [-0.2, 0) is 61.9 Å². The van der Waals surface area contributed by atoms with Crippen LogP contribution in [0.3, 0.4) is 0 Å². The van der Waals surface area contributed by atoms with Crippen LogP contribution in [0.1, 0.15) is 12.8 Å². The smallest absolute Gasteiger partial charge is 0.327 e. The normalized spacial score (nSPS) is 19.8. The SMILES string of the molecule is C1COCCN1.C=CC(=O)N1CCOCC1.C=CC(=O)O.O.O=C(CCN1CCOCC1)N1CCOCC1.O=C(CCN1CCOCC1)N1CCOCC1.O=CN1CCOCC1.O=CO. The van der Waals surface area contributed by atoms with Crippen molar-refractivity contribution in [1.29, 1.82) is 0 Å². The van der Waals surface area contributed by atoms with Crippen LogP contribution in [0.2, 0.25) is 0 Å². The zero-order valence-electron chi connectivity index (χ0n) is 38.2. The molecule has 7 aliphatic heterocycles. The van der Waals surface area contributed by atoms with E-state index >= 15 is 0 Å². The monoisotopic (exact) mass is 936 g/mol. The van der Waals surface area contributed by atoms with Gasteiger partial charge in [0.2, 0.25) is 24.1 Å². The number of morpholine rings is 7. The summed E-state index contributed by atoms with van der Waals surface area (Å²) in [6.07, 6.45) is 4.29. The van der Waals surface area contributed by atoms with E-state index in [-0.39, 0.29) is 29.7 Å². The van der Waals surface area contributed by atoms with Gasteiger partial charge in [-0.15, -0.1) is 0 Å². The molecule has 4 amide bonds. The first kappa shape index (κ1) is 60.9. The molecule has 0 unspecified atom stereocenters. The van der Waals surface area contributed by atoms with Gasteiger partial charge in [-0.1, -0.05) is 13.2 Å². The van der Waals surface area contributed by atoms with Crippen LogP contribution in [0.25, 0.3) is 0 Å². The fourth-order valence-electron chi connectivity index (χ4n) is 6.21. The van der Waals surface area contributed by atoms with Gasteiger partial charge in [0.25, 0.3) is 6.47 Å². The first-order valence-corrected chi connectivity index (χ1v) is 22.0. The Morgan fingerprint density at radius 1 is 0.492 bits per heavy atom. The largest absolute Gasteiger partial charge is 0.483 e. The second kappa shape index (κ2) is 42.5. The number of hydrogen-bond donors (Lipinski definition) is 3. The summed E-state index contributed by atoms with van der Waals surface area (Å²) in [5.74, 6) is -0.460. The van der Waals surface area contributed by atoms with Crippen LogP contribution in [0, 0.1) is 0 Å². The fourth-order valence-corrected chi connectivity index (χ4v) is 6.21. The Bertz CT molecular complexity index is 1190. The minimum Gasteiger partial charge on any atom is -0.483 e. The van der Waals surface area contributed by atoms with Crippen molar-refractivity contribution < 1.29 is 77.6 Å². The third-order valence-corrected chi connectivity index (χ3v) is 9.93. The molecule has 0 saturated carbocycles. The summed E-state index contributed by atoms with van der Waals surface area (Å²) in [5, 5.41) is 17.7. The molecule has 7 rings (SSSR count). The van der Waals surface area contributed by atoms with Gasteiger partial charge in [0.05, 0.1) is 92.5 Å². The van der Waals surface area contributed by atoms with Crippen LogP contribution >= 0.6 is 0 Å². The van der Waals surface area contributed by atoms with Crippen LogP contribution in [0.15, 0.2) is 25.3 Å². The maximum Gasteiger partial charge on any atom is 0.327 e. The number of carbonyl (C=O) groups is 6. The van der Waals surface area contributed by atoms with Gasteiger partial charge in [0.1, 0.15) is 0 Å². The average molecular weight is 936 g/mol. The maximum absolute atomic E-state index is 11.9. The van der Waals surface area contributed by atoms with E-state index < -0.39 is 5.97 Å². The molecule has 7 saturated heterocycles. The fraction of sp³-hybridized carbons (Fsp3) is 0.762. The van der Waals surface area contributed by atoms with Gasteiger partial charge in [0.15, 0.2) is 0 Å². The summed E-state index contributed by atoms with van der Waals surface area (Å²) in [6, 6.07) is 0. The van der Waals surface area contributed by atoms with Crippen molar-refractivity contribution in [2.75, 3.05) is 197 Å². The second-order valence-corrected chi connectivity index (χ2v) is 14.3. The Kier molecular flexibility index (Phi) is 39.8. The lowest BCUT2D eigenvalue weighted by molar-refractivity contribution is -0.136. The molecule has 0 spiro atoms. The molecule has 7 heterocycles. The van der Waals surface area contributed by atoms with Crippen molar-refractivity contribution in [1.82, 2.24) is 34.7 Å². The molecule has 376 valence electrons. The van der Waals surface area contributed by atoms with E-state index in [4.69, 9.17) is 48.2 Å². The van der Waals surface area contributed by atoms with E-state index in [2.05, 4.69) is 28.3 Å². The number of aliphatic carboxylic acids is 1. The average Bonchev–Trinajstić information content (AvgIpc) is 3.38. The van der Waals surface area contributed by atoms with E-state index in [1.807, 2.05) is 9.80 Å². The van der Waals surface area contributed by atoms with Gasteiger partial charge < -0.3 is 73.8 Å². The zero-order valence-corrected chi connectivity index (χ0v) is 38.2. The summed E-state index contributed by atoms with van der Waals surface area (Å²) in [4.78, 5) is 74.1. The van der Waals surface area contributed by atoms with E-state index in [1.54, 1.807) is 9.80 Å². The van der Waals surface area contributed by atoms with Gasteiger partial charge in [0, 0.05) is 124 Å². The summed E-state index contributed by atoms with van der Waals surface area (Å²) >= 11 is 0. The lowest BCUT2D eigenvalue weighted by Crippen LogP contribution is -2.43. The highest BCUT2D eigenvalue weighted by molar-refractivity contribution is 5.87. The van der Waals surface area contributed by atoms with Crippen LogP contribution < -0.4 is 5.32 Å². The summed E-state index contributed by atoms with van der Waals surface area (Å²) < 4.78 is 36.1. The Labute approximate surface area is 383 Å². The molecule has 0 aromatic rings.